The van der Waals surface area contributed by atoms with Gasteiger partial charge >= 0.3 is 5.97 Å². The minimum atomic E-state index is -1.65. The van der Waals surface area contributed by atoms with Crippen LogP contribution < -0.4 is 27.4 Å². The van der Waals surface area contributed by atoms with Gasteiger partial charge in [0.25, 0.3) is 0 Å². The number of carbonyl (C=O) groups is 5. The van der Waals surface area contributed by atoms with Crippen molar-refractivity contribution in [2.75, 3.05) is 0 Å². The topological polar surface area (TPSA) is 250 Å². The lowest BCUT2D eigenvalue weighted by molar-refractivity contribution is -0.145. The SMILES string of the molecule is CC(O)C(N)C(=O)NC(CCC(N)=O)C(=O)NC(Cc1c[nH]c2ccccc12)C(=O)NC(C(=O)O)C(C)O. The zero-order valence-electron chi connectivity index (χ0n) is 21.0. The van der Waals surface area contributed by atoms with Gasteiger partial charge in [-0.1, -0.05) is 18.2 Å². The zero-order valence-corrected chi connectivity index (χ0v) is 21.0. The second-order valence-electron chi connectivity index (χ2n) is 9.02. The number of rotatable bonds is 14. The minimum Gasteiger partial charge on any atom is -0.480 e. The Morgan fingerprint density at radius 3 is 2.11 bits per heavy atom. The van der Waals surface area contributed by atoms with Gasteiger partial charge in [0.15, 0.2) is 6.04 Å². The Labute approximate surface area is 218 Å². The monoisotopic (exact) mass is 534 g/mol. The number of nitrogens with one attached hydrogen (secondary N) is 4. The number of amides is 4. The molecule has 0 aliphatic rings. The Kier molecular flexibility index (Phi) is 10.7. The van der Waals surface area contributed by atoms with Crippen molar-refractivity contribution < 1.29 is 39.3 Å². The number of H-pyrrole nitrogens is 1. The summed E-state index contributed by atoms with van der Waals surface area (Å²) < 4.78 is 0. The molecule has 0 spiro atoms. The molecule has 4 amide bonds. The number of carboxylic acids is 1. The number of aliphatic hydroxyl groups excluding tert-OH is 2. The smallest absolute Gasteiger partial charge is 0.328 e. The standard InChI is InChI=1S/C24H34N6O8/c1-11(31)19(26)23(36)28-16(7-8-18(25)33)21(34)29-17(22(35)30-20(12(2)32)24(37)38)9-13-10-27-15-6-4-3-5-14(13)15/h3-6,10-12,16-17,19-20,27,31-32H,7-9,26H2,1-2H3,(H2,25,33)(H,28,36)(H,29,34)(H,30,35)(H,37,38). The molecule has 208 valence electrons. The molecule has 14 nitrogen and oxygen atoms in total. The predicted molar refractivity (Wildman–Crippen MR) is 135 cm³/mol. The van der Waals surface area contributed by atoms with E-state index in [1.807, 2.05) is 0 Å². The van der Waals surface area contributed by atoms with Crippen LogP contribution in [0.3, 0.4) is 0 Å². The summed E-state index contributed by atoms with van der Waals surface area (Å²) in [5, 5.41) is 36.6. The van der Waals surface area contributed by atoms with E-state index in [0.717, 1.165) is 10.9 Å². The van der Waals surface area contributed by atoms with E-state index in [9.17, 15) is 39.3 Å². The van der Waals surface area contributed by atoms with Crippen LogP contribution in [0.25, 0.3) is 10.9 Å². The number of fused-ring (bicyclic) bond motifs is 1. The van der Waals surface area contributed by atoms with E-state index < -0.39 is 66.0 Å². The molecular formula is C24H34N6O8. The Morgan fingerprint density at radius 2 is 1.53 bits per heavy atom. The van der Waals surface area contributed by atoms with Gasteiger partial charge in [0, 0.05) is 29.9 Å². The normalized spacial score (nSPS) is 15.9. The molecule has 14 heteroatoms. The van der Waals surface area contributed by atoms with E-state index >= 15 is 0 Å². The van der Waals surface area contributed by atoms with E-state index in [-0.39, 0.29) is 19.3 Å². The maximum Gasteiger partial charge on any atom is 0.328 e. The van der Waals surface area contributed by atoms with Crippen LogP contribution in [0.5, 0.6) is 0 Å². The lowest BCUT2D eigenvalue weighted by Crippen LogP contribution is -2.59. The van der Waals surface area contributed by atoms with Crippen molar-refractivity contribution in [1.82, 2.24) is 20.9 Å². The summed E-state index contributed by atoms with van der Waals surface area (Å²) in [7, 11) is 0. The summed E-state index contributed by atoms with van der Waals surface area (Å²) in [4.78, 5) is 64.6. The van der Waals surface area contributed by atoms with E-state index in [1.165, 1.54) is 13.8 Å². The molecule has 0 bridgehead atoms. The predicted octanol–water partition coefficient (Wildman–Crippen LogP) is -2.40. The minimum absolute atomic E-state index is 0.0859. The number of aliphatic hydroxyl groups is 2. The lowest BCUT2D eigenvalue weighted by Gasteiger charge is -2.26. The maximum atomic E-state index is 13.2. The number of para-hydroxylation sites is 1. The number of nitrogens with two attached hydrogens (primary N) is 2. The van der Waals surface area contributed by atoms with Gasteiger partial charge in [-0.25, -0.2) is 4.79 Å². The third-order valence-electron chi connectivity index (χ3n) is 5.91. The first-order chi connectivity index (χ1) is 17.8. The summed E-state index contributed by atoms with van der Waals surface area (Å²) in [6.07, 6.45) is -1.64. The van der Waals surface area contributed by atoms with Gasteiger partial charge in [-0.05, 0) is 31.9 Å². The van der Waals surface area contributed by atoms with Gasteiger partial charge in [-0.2, -0.15) is 0 Å². The number of carbonyl (C=O) groups excluding carboxylic acids is 4. The van der Waals surface area contributed by atoms with Gasteiger partial charge in [0.2, 0.25) is 23.6 Å². The molecule has 6 atom stereocenters. The summed E-state index contributed by atoms with van der Waals surface area (Å²) >= 11 is 0. The first kappa shape index (κ1) is 30.2. The van der Waals surface area contributed by atoms with Gasteiger partial charge in [0.05, 0.1) is 12.2 Å². The Bertz CT molecular complexity index is 1160. The molecule has 0 radical (unpaired) electrons. The molecule has 0 fully saturated rings. The summed E-state index contributed by atoms with van der Waals surface area (Å²) in [5.41, 5.74) is 12.2. The molecule has 2 aromatic rings. The van der Waals surface area contributed by atoms with Crippen molar-refractivity contribution in [2.45, 2.75) is 69.5 Å². The van der Waals surface area contributed by atoms with Crippen molar-refractivity contribution >= 4 is 40.5 Å². The van der Waals surface area contributed by atoms with E-state index in [2.05, 4.69) is 20.9 Å². The second kappa shape index (κ2) is 13.5. The Hall–Kier alpha value is -4.01. The lowest BCUT2D eigenvalue weighted by atomic mass is 10.0. The molecule has 0 saturated carbocycles. The van der Waals surface area contributed by atoms with Crippen LogP contribution >= 0.6 is 0 Å². The summed E-state index contributed by atoms with van der Waals surface area (Å²) in [6.45, 7) is 2.47. The molecular weight excluding hydrogens is 500 g/mol. The maximum absolute atomic E-state index is 13.2. The molecule has 2 rings (SSSR count). The Morgan fingerprint density at radius 1 is 0.921 bits per heavy atom. The van der Waals surface area contributed by atoms with Crippen LogP contribution in [0, 0.1) is 0 Å². The summed E-state index contributed by atoms with van der Waals surface area (Å²) in [6, 6.07) is 1.46. The molecule has 6 unspecified atom stereocenters. The number of hydrogen-bond donors (Lipinski definition) is 9. The van der Waals surface area contributed by atoms with E-state index in [1.54, 1.807) is 30.5 Å². The first-order valence-electron chi connectivity index (χ1n) is 11.9. The molecule has 0 saturated heterocycles. The van der Waals surface area contributed by atoms with Crippen molar-refractivity contribution in [3.05, 3.63) is 36.0 Å². The molecule has 1 aromatic carbocycles. The van der Waals surface area contributed by atoms with Crippen molar-refractivity contribution in [3.8, 4) is 0 Å². The van der Waals surface area contributed by atoms with E-state index in [4.69, 9.17) is 11.5 Å². The highest BCUT2D eigenvalue weighted by atomic mass is 16.4. The van der Waals surface area contributed by atoms with Crippen molar-refractivity contribution in [3.63, 3.8) is 0 Å². The summed E-state index contributed by atoms with van der Waals surface area (Å²) in [5.74, 6) is -4.88. The van der Waals surface area contributed by atoms with Crippen LogP contribution in [0.1, 0.15) is 32.3 Å². The van der Waals surface area contributed by atoms with Gasteiger partial charge < -0.3 is 47.7 Å². The highest BCUT2D eigenvalue weighted by Crippen LogP contribution is 2.19. The average molecular weight is 535 g/mol. The third-order valence-corrected chi connectivity index (χ3v) is 5.91. The largest absolute Gasteiger partial charge is 0.480 e. The van der Waals surface area contributed by atoms with Crippen LogP contribution in [-0.4, -0.2) is 86.3 Å². The van der Waals surface area contributed by atoms with Crippen LogP contribution in [0.15, 0.2) is 30.5 Å². The number of aliphatic carboxylic acids is 1. The molecule has 0 aliphatic carbocycles. The molecule has 11 N–H and O–H groups in total. The van der Waals surface area contributed by atoms with Crippen LogP contribution in [0.2, 0.25) is 0 Å². The number of benzene rings is 1. The van der Waals surface area contributed by atoms with Crippen molar-refractivity contribution in [2.24, 2.45) is 11.5 Å². The molecule has 0 aliphatic heterocycles. The third kappa shape index (κ3) is 8.26. The number of carboxylic acid groups (broad SMARTS) is 1. The quantitative estimate of drug-likeness (QED) is 0.125. The number of primary amides is 1. The van der Waals surface area contributed by atoms with Crippen molar-refractivity contribution in [1.29, 1.82) is 0 Å². The number of aromatic amines is 1. The highest BCUT2D eigenvalue weighted by Gasteiger charge is 2.33. The fourth-order valence-electron chi connectivity index (χ4n) is 3.69. The highest BCUT2D eigenvalue weighted by molar-refractivity contribution is 5.95. The Balaban J connectivity index is 2.35. The van der Waals surface area contributed by atoms with Gasteiger partial charge in [0.1, 0.15) is 18.1 Å². The molecule has 1 aromatic heterocycles. The number of aromatic nitrogens is 1. The average Bonchev–Trinajstić information content (AvgIpc) is 3.25. The van der Waals surface area contributed by atoms with Crippen LogP contribution in [0.4, 0.5) is 0 Å². The van der Waals surface area contributed by atoms with E-state index in [0.29, 0.717) is 5.56 Å². The molecule has 1 heterocycles. The number of hydrogen-bond acceptors (Lipinski definition) is 8. The zero-order chi connectivity index (χ0) is 28.6. The van der Waals surface area contributed by atoms with Gasteiger partial charge in [-0.3, -0.25) is 19.2 Å². The van der Waals surface area contributed by atoms with Gasteiger partial charge in [-0.15, -0.1) is 0 Å². The first-order valence-corrected chi connectivity index (χ1v) is 11.9. The molecule has 38 heavy (non-hydrogen) atoms. The fraction of sp³-hybridized carbons (Fsp3) is 0.458. The fourth-order valence-corrected chi connectivity index (χ4v) is 3.69. The van der Waals surface area contributed by atoms with Crippen LogP contribution in [-0.2, 0) is 30.4 Å². The second-order valence-corrected chi connectivity index (χ2v) is 9.02.